The quantitative estimate of drug-likeness (QED) is 0.589. The third-order valence-corrected chi connectivity index (χ3v) is 5.50. The number of nitrogens with zero attached hydrogens (tertiary/aromatic N) is 4. The van der Waals surface area contributed by atoms with Gasteiger partial charge in [-0.1, -0.05) is 23.4 Å². The summed E-state index contributed by atoms with van der Waals surface area (Å²) in [5, 5.41) is 21.9. The van der Waals surface area contributed by atoms with Crippen LogP contribution in [0.1, 0.15) is 43.9 Å². The van der Waals surface area contributed by atoms with Crippen LogP contribution in [0.5, 0.6) is 5.75 Å². The van der Waals surface area contributed by atoms with Crippen molar-refractivity contribution in [3.63, 3.8) is 0 Å². The van der Waals surface area contributed by atoms with Crippen LogP contribution in [0, 0.1) is 11.3 Å². The fourth-order valence-electron chi connectivity index (χ4n) is 3.69. The number of rotatable bonds is 6. The lowest BCUT2D eigenvalue weighted by Crippen LogP contribution is -2.26. The van der Waals surface area contributed by atoms with Gasteiger partial charge in [0.15, 0.2) is 0 Å². The highest BCUT2D eigenvalue weighted by molar-refractivity contribution is 5.72. The Balaban J connectivity index is 0.000000350. The summed E-state index contributed by atoms with van der Waals surface area (Å²) in [4.78, 5) is 16.4. The van der Waals surface area contributed by atoms with Crippen LogP contribution < -0.4 is 4.74 Å². The number of aliphatic hydroxyl groups excluding tert-OH is 1. The Kier molecular flexibility index (Phi) is 8.39. The highest BCUT2D eigenvalue weighted by Gasteiger charge is 2.20. The Morgan fingerprint density at radius 2 is 2.09 bits per heavy atom. The molecular weight excluding hydrogens is 432 g/mol. The van der Waals surface area contributed by atoms with Gasteiger partial charge in [0.05, 0.1) is 18.3 Å². The summed E-state index contributed by atoms with van der Waals surface area (Å²) in [5.74, 6) is 1.55. The standard InChI is InChI=1S/C21H19N3O2.C5H11NO2/c1-13(2)25-19-10-9-15(11-16(19)12-22)21-23-20(24-26-21)18-8-4-6-14-5-3-7-17(14)18;1-5(8)6(2)3-4-7/h4,6,8-11,13H,3,5,7H2,1-2H3;7H,3-4H2,1-2H3. The summed E-state index contributed by atoms with van der Waals surface area (Å²) in [5.41, 5.74) is 4.89. The first-order chi connectivity index (χ1) is 16.3. The maximum atomic E-state index is 10.3. The molecule has 1 aliphatic rings. The third-order valence-electron chi connectivity index (χ3n) is 5.50. The van der Waals surface area contributed by atoms with Gasteiger partial charge in [0.1, 0.15) is 11.8 Å². The van der Waals surface area contributed by atoms with Gasteiger partial charge in [-0.05, 0) is 62.4 Å². The topological polar surface area (TPSA) is 112 Å². The van der Waals surface area contributed by atoms with Gasteiger partial charge in [-0.15, -0.1) is 0 Å². The second-order valence-corrected chi connectivity index (χ2v) is 8.37. The van der Waals surface area contributed by atoms with E-state index in [2.05, 4.69) is 22.3 Å². The van der Waals surface area contributed by atoms with Gasteiger partial charge in [-0.2, -0.15) is 10.2 Å². The largest absolute Gasteiger partial charge is 0.490 e. The lowest BCUT2D eigenvalue weighted by Gasteiger charge is -2.11. The molecule has 0 fully saturated rings. The molecule has 34 heavy (non-hydrogen) atoms. The molecule has 2 aromatic carbocycles. The van der Waals surface area contributed by atoms with Gasteiger partial charge in [0.25, 0.3) is 5.89 Å². The molecule has 4 rings (SSSR count). The second-order valence-electron chi connectivity index (χ2n) is 8.37. The van der Waals surface area contributed by atoms with Gasteiger partial charge in [0, 0.05) is 31.6 Å². The second kappa shape index (κ2) is 11.4. The van der Waals surface area contributed by atoms with Crippen LogP contribution >= 0.6 is 0 Å². The zero-order valence-electron chi connectivity index (χ0n) is 20.0. The minimum Gasteiger partial charge on any atom is -0.490 e. The highest BCUT2D eigenvalue weighted by Crippen LogP contribution is 2.32. The number of amides is 1. The Labute approximate surface area is 199 Å². The minimum absolute atomic E-state index is 0.00290. The number of aliphatic hydroxyl groups is 1. The number of benzene rings is 2. The average molecular weight is 463 g/mol. The van der Waals surface area contributed by atoms with Crippen molar-refractivity contribution >= 4 is 5.91 Å². The van der Waals surface area contributed by atoms with Crippen molar-refractivity contribution in [3.8, 4) is 34.7 Å². The van der Waals surface area contributed by atoms with E-state index in [4.69, 9.17) is 14.4 Å². The van der Waals surface area contributed by atoms with Crippen LogP contribution in [0.2, 0.25) is 0 Å². The number of nitriles is 1. The zero-order chi connectivity index (χ0) is 24.7. The van der Waals surface area contributed by atoms with Crippen LogP contribution in [0.4, 0.5) is 0 Å². The Morgan fingerprint density at radius 1 is 1.29 bits per heavy atom. The van der Waals surface area contributed by atoms with E-state index < -0.39 is 0 Å². The van der Waals surface area contributed by atoms with Gasteiger partial charge < -0.3 is 19.3 Å². The average Bonchev–Trinajstić information content (AvgIpc) is 3.49. The summed E-state index contributed by atoms with van der Waals surface area (Å²) < 4.78 is 11.1. The van der Waals surface area contributed by atoms with Gasteiger partial charge in [-0.25, -0.2) is 0 Å². The predicted molar refractivity (Wildman–Crippen MR) is 128 cm³/mol. The number of aromatic nitrogens is 2. The fraction of sp³-hybridized carbons (Fsp3) is 0.385. The maximum absolute atomic E-state index is 10.3. The SMILES string of the molecule is CC(=O)N(C)CCO.CC(C)Oc1ccc(-c2nc(-c3cccc4c3CCC4)no2)cc1C#N. The number of likely N-dealkylation sites (N-methyl/N-ethyl adjacent to an activating group) is 1. The molecule has 0 atom stereocenters. The molecule has 8 heteroatoms. The first-order valence-electron chi connectivity index (χ1n) is 11.3. The van der Waals surface area contributed by atoms with E-state index in [1.807, 2.05) is 32.0 Å². The molecule has 0 aliphatic heterocycles. The number of ether oxygens (including phenoxy) is 1. The molecule has 1 heterocycles. The van der Waals surface area contributed by atoms with E-state index in [1.54, 1.807) is 19.2 Å². The summed E-state index contributed by atoms with van der Waals surface area (Å²) in [6.07, 6.45) is 3.33. The lowest BCUT2D eigenvalue weighted by atomic mass is 10.0. The number of fused-ring (bicyclic) bond motifs is 1. The molecular formula is C26H30N4O4. The van der Waals surface area contributed by atoms with Crippen LogP contribution in [0.15, 0.2) is 40.9 Å². The van der Waals surface area contributed by atoms with E-state index >= 15 is 0 Å². The van der Waals surface area contributed by atoms with Crippen molar-refractivity contribution < 1.29 is 19.2 Å². The Hall–Kier alpha value is -3.70. The predicted octanol–water partition coefficient (Wildman–Crippen LogP) is 4.01. The normalized spacial score (nSPS) is 11.9. The Bertz CT molecular complexity index is 1180. The van der Waals surface area contributed by atoms with E-state index in [0.717, 1.165) is 18.4 Å². The molecule has 0 saturated carbocycles. The number of hydrogen-bond acceptors (Lipinski definition) is 7. The smallest absolute Gasteiger partial charge is 0.258 e. The molecule has 0 spiro atoms. The lowest BCUT2D eigenvalue weighted by molar-refractivity contribution is -0.127. The molecule has 178 valence electrons. The van der Waals surface area contributed by atoms with Crippen molar-refractivity contribution in [2.75, 3.05) is 20.2 Å². The molecule has 3 aromatic rings. The van der Waals surface area contributed by atoms with Crippen molar-refractivity contribution in [3.05, 3.63) is 53.1 Å². The molecule has 8 nitrogen and oxygen atoms in total. The maximum Gasteiger partial charge on any atom is 0.258 e. The van der Waals surface area contributed by atoms with Crippen molar-refractivity contribution in [1.29, 1.82) is 5.26 Å². The van der Waals surface area contributed by atoms with E-state index in [9.17, 15) is 10.1 Å². The summed E-state index contributed by atoms with van der Waals surface area (Å²) in [7, 11) is 1.65. The first-order valence-corrected chi connectivity index (χ1v) is 11.3. The summed E-state index contributed by atoms with van der Waals surface area (Å²) in [6.45, 7) is 5.79. The molecule has 1 aromatic heterocycles. The minimum atomic E-state index is -0.0148. The van der Waals surface area contributed by atoms with Crippen LogP contribution in [-0.2, 0) is 17.6 Å². The van der Waals surface area contributed by atoms with Gasteiger partial charge in [-0.3, -0.25) is 4.79 Å². The summed E-state index contributed by atoms with van der Waals surface area (Å²) in [6, 6.07) is 13.8. The van der Waals surface area contributed by atoms with Crippen molar-refractivity contribution in [1.82, 2.24) is 15.0 Å². The number of carbonyl (C=O) groups excluding carboxylic acids is 1. The van der Waals surface area contributed by atoms with Crippen LogP contribution in [0.25, 0.3) is 22.8 Å². The van der Waals surface area contributed by atoms with E-state index in [-0.39, 0.29) is 18.6 Å². The van der Waals surface area contributed by atoms with Gasteiger partial charge >= 0.3 is 0 Å². The van der Waals surface area contributed by atoms with E-state index in [1.165, 1.54) is 29.4 Å². The first kappa shape index (κ1) is 24.9. The van der Waals surface area contributed by atoms with Crippen molar-refractivity contribution in [2.24, 2.45) is 0 Å². The molecule has 0 bridgehead atoms. The number of carbonyl (C=O) groups is 1. The van der Waals surface area contributed by atoms with Crippen molar-refractivity contribution in [2.45, 2.75) is 46.1 Å². The third kappa shape index (κ3) is 6.00. The molecule has 1 amide bonds. The Morgan fingerprint density at radius 3 is 2.74 bits per heavy atom. The molecule has 1 aliphatic carbocycles. The monoisotopic (exact) mass is 462 g/mol. The van der Waals surface area contributed by atoms with Crippen LogP contribution in [0.3, 0.4) is 0 Å². The fourth-order valence-corrected chi connectivity index (χ4v) is 3.69. The highest BCUT2D eigenvalue weighted by atomic mass is 16.5. The van der Waals surface area contributed by atoms with E-state index in [0.29, 0.717) is 35.1 Å². The number of aryl methyl sites for hydroxylation is 1. The molecule has 0 radical (unpaired) electrons. The molecule has 0 saturated heterocycles. The molecule has 1 N–H and O–H groups in total. The number of hydrogen-bond donors (Lipinski definition) is 1. The zero-order valence-corrected chi connectivity index (χ0v) is 20.0. The van der Waals surface area contributed by atoms with Crippen LogP contribution in [-0.4, -0.2) is 52.4 Å². The van der Waals surface area contributed by atoms with Gasteiger partial charge in [0.2, 0.25) is 11.7 Å². The summed E-state index contributed by atoms with van der Waals surface area (Å²) >= 11 is 0. The molecule has 0 unspecified atom stereocenters.